The normalized spacial score (nSPS) is 32.1. The Balaban J connectivity index is 2.95. The van der Waals surface area contributed by atoms with Gasteiger partial charge in [-0.15, -0.1) is 0 Å². The minimum atomic E-state index is -3.27. The summed E-state index contributed by atoms with van der Waals surface area (Å²) >= 11 is 0. The standard InChI is InChI=1S/C4H7NO3S/c1-3-2-4(6)5-9(3,7)8/h3H,2H2,1H3,(H,5,6). The average molecular weight is 149 g/mol. The van der Waals surface area contributed by atoms with E-state index in [0.29, 0.717) is 0 Å². The summed E-state index contributed by atoms with van der Waals surface area (Å²) in [5, 5.41) is -0.551. The van der Waals surface area contributed by atoms with Crippen LogP contribution in [0, 0.1) is 0 Å². The number of hydrogen-bond acceptors (Lipinski definition) is 3. The first-order valence-corrected chi connectivity index (χ1v) is 4.11. The third-order valence-electron chi connectivity index (χ3n) is 1.26. The molecule has 1 aliphatic heterocycles. The van der Waals surface area contributed by atoms with Crippen molar-refractivity contribution in [2.45, 2.75) is 18.6 Å². The molecule has 0 aromatic heterocycles. The molecule has 9 heavy (non-hydrogen) atoms. The molecule has 1 unspecified atom stereocenters. The molecule has 52 valence electrons. The SMILES string of the molecule is CC1CC(=O)NS1(=O)=O. The molecule has 4 nitrogen and oxygen atoms in total. The zero-order chi connectivity index (χ0) is 7.07. The number of carbonyl (C=O) groups excluding carboxylic acids is 1. The van der Waals surface area contributed by atoms with Gasteiger partial charge in [-0.2, -0.15) is 0 Å². The molecule has 0 bridgehead atoms. The number of carbonyl (C=O) groups is 1. The topological polar surface area (TPSA) is 63.2 Å². The van der Waals surface area contributed by atoms with Gasteiger partial charge < -0.3 is 0 Å². The zero-order valence-corrected chi connectivity index (χ0v) is 5.73. The van der Waals surface area contributed by atoms with Crippen LogP contribution in [0.1, 0.15) is 13.3 Å². The van der Waals surface area contributed by atoms with Crippen LogP contribution in [-0.4, -0.2) is 19.6 Å². The van der Waals surface area contributed by atoms with Crippen molar-refractivity contribution in [2.75, 3.05) is 0 Å². The van der Waals surface area contributed by atoms with Crippen LogP contribution in [0.2, 0.25) is 0 Å². The Morgan fingerprint density at radius 1 is 1.67 bits per heavy atom. The zero-order valence-electron chi connectivity index (χ0n) is 4.92. The second kappa shape index (κ2) is 1.70. The van der Waals surface area contributed by atoms with Crippen LogP contribution in [0.3, 0.4) is 0 Å². The van der Waals surface area contributed by atoms with E-state index in [4.69, 9.17) is 0 Å². The van der Waals surface area contributed by atoms with Crippen LogP contribution in [0.25, 0.3) is 0 Å². The molecule has 0 spiro atoms. The molecule has 0 aromatic carbocycles. The molecule has 1 fully saturated rings. The molecule has 0 saturated carbocycles. The van der Waals surface area contributed by atoms with Gasteiger partial charge in [-0.3, -0.25) is 9.52 Å². The first-order chi connectivity index (χ1) is 4.02. The highest BCUT2D eigenvalue weighted by atomic mass is 32.2. The maximum atomic E-state index is 10.6. The van der Waals surface area contributed by atoms with Crippen molar-refractivity contribution in [1.29, 1.82) is 0 Å². The Hall–Kier alpha value is -0.580. The molecule has 1 atom stereocenters. The van der Waals surface area contributed by atoms with E-state index in [1.54, 1.807) is 0 Å². The van der Waals surface area contributed by atoms with Gasteiger partial charge in [0.05, 0.1) is 5.25 Å². The largest absolute Gasteiger partial charge is 0.274 e. The van der Waals surface area contributed by atoms with E-state index < -0.39 is 21.2 Å². The van der Waals surface area contributed by atoms with Gasteiger partial charge in [-0.1, -0.05) is 0 Å². The molecule has 1 saturated heterocycles. The highest BCUT2D eigenvalue weighted by molar-refractivity contribution is 7.91. The fourth-order valence-corrected chi connectivity index (χ4v) is 1.64. The Morgan fingerprint density at radius 2 is 2.22 bits per heavy atom. The third kappa shape index (κ3) is 1.05. The first-order valence-electron chi connectivity index (χ1n) is 2.57. The number of nitrogens with one attached hydrogen (secondary N) is 1. The van der Waals surface area contributed by atoms with Gasteiger partial charge in [0, 0.05) is 6.42 Å². The summed E-state index contributed by atoms with van der Waals surface area (Å²) in [4.78, 5) is 10.4. The van der Waals surface area contributed by atoms with Crippen LogP contribution in [-0.2, 0) is 14.8 Å². The third-order valence-corrected chi connectivity index (χ3v) is 3.00. The predicted octanol–water partition coefficient (Wildman–Crippen LogP) is -0.775. The van der Waals surface area contributed by atoms with Gasteiger partial charge in [-0.05, 0) is 6.92 Å². The highest BCUT2D eigenvalue weighted by Crippen LogP contribution is 2.10. The summed E-state index contributed by atoms with van der Waals surface area (Å²) in [5.41, 5.74) is 0. The highest BCUT2D eigenvalue weighted by Gasteiger charge is 2.32. The molecule has 0 radical (unpaired) electrons. The van der Waals surface area contributed by atoms with Gasteiger partial charge in [0.25, 0.3) is 0 Å². The summed E-state index contributed by atoms with van der Waals surface area (Å²) in [6.45, 7) is 1.51. The van der Waals surface area contributed by atoms with Crippen molar-refractivity contribution >= 4 is 15.9 Å². The molecule has 1 amide bonds. The van der Waals surface area contributed by atoms with Gasteiger partial charge in [0.2, 0.25) is 15.9 Å². The van der Waals surface area contributed by atoms with E-state index in [1.807, 2.05) is 4.72 Å². The minimum absolute atomic E-state index is 0.0995. The van der Waals surface area contributed by atoms with Gasteiger partial charge in [0.15, 0.2) is 0 Å². The van der Waals surface area contributed by atoms with E-state index in [-0.39, 0.29) is 6.42 Å². The number of rotatable bonds is 0. The summed E-state index contributed by atoms with van der Waals surface area (Å²) in [6, 6.07) is 0. The van der Waals surface area contributed by atoms with E-state index in [1.165, 1.54) is 6.92 Å². The lowest BCUT2D eigenvalue weighted by atomic mass is 10.3. The number of hydrogen-bond donors (Lipinski definition) is 1. The number of amides is 1. The number of sulfonamides is 1. The molecule has 0 aromatic rings. The Labute approximate surface area is 53.3 Å². The van der Waals surface area contributed by atoms with E-state index in [0.717, 1.165) is 0 Å². The van der Waals surface area contributed by atoms with Crippen LogP contribution < -0.4 is 4.72 Å². The van der Waals surface area contributed by atoms with E-state index in [9.17, 15) is 13.2 Å². The monoisotopic (exact) mass is 149 g/mol. The lowest BCUT2D eigenvalue weighted by Gasteiger charge is -1.94. The van der Waals surface area contributed by atoms with E-state index >= 15 is 0 Å². The lowest BCUT2D eigenvalue weighted by molar-refractivity contribution is -0.118. The van der Waals surface area contributed by atoms with Crippen molar-refractivity contribution in [2.24, 2.45) is 0 Å². The van der Waals surface area contributed by atoms with Crippen LogP contribution >= 0.6 is 0 Å². The quantitative estimate of drug-likeness (QED) is 0.491. The average Bonchev–Trinajstić information content (AvgIpc) is 1.79. The Bertz CT molecular complexity index is 230. The van der Waals surface area contributed by atoms with Crippen molar-refractivity contribution in [3.63, 3.8) is 0 Å². The van der Waals surface area contributed by atoms with Gasteiger partial charge >= 0.3 is 0 Å². The smallest absolute Gasteiger partial charge is 0.238 e. The molecule has 1 heterocycles. The maximum absolute atomic E-state index is 10.6. The van der Waals surface area contributed by atoms with Crippen molar-refractivity contribution in [3.8, 4) is 0 Å². The fraction of sp³-hybridized carbons (Fsp3) is 0.750. The molecule has 5 heteroatoms. The van der Waals surface area contributed by atoms with Crippen LogP contribution in [0.5, 0.6) is 0 Å². The second-order valence-corrected chi connectivity index (χ2v) is 4.18. The van der Waals surface area contributed by atoms with E-state index in [2.05, 4.69) is 0 Å². The second-order valence-electron chi connectivity index (χ2n) is 2.08. The van der Waals surface area contributed by atoms with Crippen molar-refractivity contribution < 1.29 is 13.2 Å². The Kier molecular flexibility index (Phi) is 1.23. The van der Waals surface area contributed by atoms with Crippen LogP contribution in [0.4, 0.5) is 0 Å². The van der Waals surface area contributed by atoms with Gasteiger partial charge in [-0.25, -0.2) is 8.42 Å². The summed E-state index contributed by atoms with van der Waals surface area (Å²) in [5.74, 6) is -0.400. The molecule has 1 rings (SSSR count). The minimum Gasteiger partial charge on any atom is -0.274 e. The van der Waals surface area contributed by atoms with Crippen molar-refractivity contribution in [1.82, 2.24) is 4.72 Å². The lowest BCUT2D eigenvalue weighted by Crippen LogP contribution is -2.23. The maximum Gasteiger partial charge on any atom is 0.238 e. The molecular formula is C4H7NO3S. The summed E-state index contributed by atoms with van der Waals surface area (Å²) < 4.78 is 23.2. The summed E-state index contributed by atoms with van der Waals surface area (Å²) in [6.07, 6.45) is 0.0995. The Morgan fingerprint density at radius 3 is 2.33 bits per heavy atom. The fourth-order valence-electron chi connectivity index (χ4n) is 0.672. The first kappa shape index (κ1) is 6.54. The molecule has 1 aliphatic rings. The van der Waals surface area contributed by atoms with Gasteiger partial charge in [0.1, 0.15) is 0 Å². The summed E-state index contributed by atoms with van der Waals surface area (Å²) in [7, 11) is -3.27. The predicted molar refractivity (Wildman–Crippen MR) is 31.1 cm³/mol. The molecule has 0 aliphatic carbocycles. The molecular weight excluding hydrogens is 142 g/mol. The molecule has 1 N–H and O–H groups in total. The van der Waals surface area contributed by atoms with Crippen LogP contribution in [0.15, 0.2) is 0 Å². The van der Waals surface area contributed by atoms with Crippen molar-refractivity contribution in [3.05, 3.63) is 0 Å².